The molecule has 0 bridgehead atoms. The van der Waals surface area contributed by atoms with Gasteiger partial charge in [-0.1, -0.05) is 49.1 Å². The van der Waals surface area contributed by atoms with Gasteiger partial charge in [-0.05, 0) is 54.5 Å². The summed E-state index contributed by atoms with van der Waals surface area (Å²) in [6, 6.07) is 15.5. The van der Waals surface area contributed by atoms with Crippen LogP contribution in [0.5, 0.6) is 5.75 Å². The van der Waals surface area contributed by atoms with Gasteiger partial charge in [-0.25, -0.2) is 17.6 Å². The number of sulfonamides is 1. The Bertz CT molecular complexity index is 1750. The summed E-state index contributed by atoms with van der Waals surface area (Å²) >= 11 is 8.24. The Morgan fingerprint density at radius 1 is 1.12 bits per heavy atom. The lowest BCUT2D eigenvalue weighted by Gasteiger charge is -2.36. The van der Waals surface area contributed by atoms with Crippen molar-refractivity contribution in [1.82, 2.24) is 4.31 Å². The van der Waals surface area contributed by atoms with Gasteiger partial charge in [0.05, 0.1) is 10.0 Å². The molecule has 0 saturated heterocycles. The quantitative estimate of drug-likeness (QED) is 0.215. The van der Waals surface area contributed by atoms with E-state index >= 15 is 0 Å². The first kappa shape index (κ1) is 30.1. The Kier molecular flexibility index (Phi) is 8.54. The minimum absolute atomic E-state index is 0.0590. The van der Waals surface area contributed by atoms with Crippen LogP contribution in [0.25, 0.3) is 10.4 Å². The van der Waals surface area contributed by atoms with Crippen LogP contribution >= 0.6 is 34.3 Å². The predicted molar refractivity (Wildman–Crippen MR) is 169 cm³/mol. The van der Waals surface area contributed by atoms with Gasteiger partial charge < -0.3 is 14.7 Å². The van der Waals surface area contributed by atoms with Gasteiger partial charge in [0.1, 0.15) is 27.9 Å². The van der Waals surface area contributed by atoms with E-state index in [0.717, 1.165) is 60.8 Å². The second kappa shape index (κ2) is 12.2. The number of aromatic carboxylic acids is 1. The first-order valence-electron chi connectivity index (χ1n) is 14.0. The van der Waals surface area contributed by atoms with E-state index in [1.807, 2.05) is 40.6 Å². The van der Waals surface area contributed by atoms with Crippen LogP contribution in [0, 0.1) is 11.7 Å². The number of nitrogens with zero attached hydrogens (tertiary/aromatic N) is 2. The SMILES string of the molecule is CN1[C@H](C2CCCCC2)CN(c2ccccc2)c2cc(OCc3csc(Cl)c3)c(-c3cc(F)c(C(=O)O)s3)cc2S1(=O)=O. The fraction of sp³-hybridized carbons (Fsp3) is 0.323. The van der Waals surface area contributed by atoms with Gasteiger partial charge in [0.25, 0.3) is 0 Å². The molecule has 43 heavy (non-hydrogen) atoms. The number of thiophene rings is 2. The number of carbonyl (C=O) groups is 1. The van der Waals surface area contributed by atoms with Gasteiger partial charge in [0.2, 0.25) is 10.0 Å². The largest absolute Gasteiger partial charge is 0.488 e. The Morgan fingerprint density at radius 3 is 2.51 bits per heavy atom. The zero-order valence-corrected chi connectivity index (χ0v) is 26.5. The van der Waals surface area contributed by atoms with E-state index in [-0.39, 0.29) is 28.3 Å². The van der Waals surface area contributed by atoms with Crippen molar-refractivity contribution in [3.63, 3.8) is 0 Å². The number of hydrogen-bond donors (Lipinski definition) is 1. The van der Waals surface area contributed by atoms with Gasteiger partial charge in [-0.3, -0.25) is 0 Å². The first-order chi connectivity index (χ1) is 20.6. The molecule has 1 aliphatic heterocycles. The van der Waals surface area contributed by atoms with Crippen LogP contribution in [0.1, 0.15) is 47.3 Å². The van der Waals surface area contributed by atoms with E-state index < -0.39 is 26.7 Å². The third kappa shape index (κ3) is 5.93. The molecule has 1 saturated carbocycles. The Balaban J connectivity index is 1.55. The maximum Gasteiger partial charge on any atom is 0.348 e. The average molecular weight is 661 g/mol. The molecule has 6 rings (SSSR count). The number of para-hydroxylation sites is 1. The molecule has 1 aliphatic carbocycles. The highest BCUT2D eigenvalue weighted by molar-refractivity contribution is 7.89. The van der Waals surface area contributed by atoms with E-state index in [4.69, 9.17) is 16.3 Å². The van der Waals surface area contributed by atoms with E-state index in [2.05, 4.69) is 0 Å². The number of anilines is 2. The zero-order chi connectivity index (χ0) is 30.3. The number of rotatable bonds is 7. The third-order valence-corrected chi connectivity index (χ3v) is 12.5. The molecule has 4 aromatic rings. The molecule has 0 amide bonds. The molecular formula is C31H30ClFN2O5S3. The zero-order valence-electron chi connectivity index (χ0n) is 23.3. The molecular weight excluding hydrogens is 631 g/mol. The highest BCUT2D eigenvalue weighted by Gasteiger charge is 2.41. The van der Waals surface area contributed by atoms with Gasteiger partial charge in [0, 0.05) is 47.4 Å². The number of hydrogen-bond acceptors (Lipinski definition) is 7. The predicted octanol–water partition coefficient (Wildman–Crippen LogP) is 8.27. The number of carboxylic acid groups (broad SMARTS) is 1. The Hall–Kier alpha value is -2.96. The second-order valence-electron chi connectivity index (χ2n) is 10.9. The van der Waals surface area contributed by atoms with Crippen molar-refractivity contribution in [1.29, 1.82) is 0 Å². The van der Waals surface area contributed by atoms with Crippen LogP contribution < -0.4 is 9.64 Å². The van der Waals surface area contributed by atoms with E-state index in [9.17, 15) is 22.7 Å². The molecule has 7 nitrogen and oxygen atoms in total. The lowest BCUT2D eigenvalue weighted by molar-refractivity contribution is 0.0697. The summed E-state index contributed by atoms with van der Waals surface area (Å²) in [7, 11) is -2.37. The average Bonchev–Trinajstić information content (AvgIpc) is 3.59. The molecule has 1 fully saturated rings. The minimum atomic E-state index is -4.01. The van der Waals surface area contributed by atoms with Crippen molar-refractivity contribution in [3.05, 3.63) is 80.6 Å². The fourth-order valence-electron chi connectivity index (χ4n) is 6.06. The van der Waals surface area contributed by atoms with Crippen LogP contribution in [0.2, 0.25) is 4.34 Å². The molecule has 1 N–H and O–H groups in total. The van der Waals surface area contributed by atoms with Gasteiger partial charge in [-0.2, -0.15) is 4.31 Å². The van der Waals surface area contributed by atoms with Crippen molar-refractivity contribution in [2.75, 3.05) is 18.5 Å². The molecule has 2 aliphatic rings. The second-order valence-corrected chi connectivity index (χ2v) is 15.5. The number of ether oxygens (including phenoxy) is 1. The molecule has 1 atom stereocenters. The van der Waals surface area contributed by atoms with Gasteiger partial charge in [0.15, 0.2) is 0 Å². The van der Waals surface area contributed by atoms with Crippen LogP contribution in [-0.2, 0) is 16.6 Å². The maximum absolute atomic E-state index is 14.7. The summed E-state index contributed by atoms with van der Waals surface area (Å²) in [5.41, 5.74) is 2.42. The lowest BCUT2D eigenvalue weighted by Crippen LogP contribution is -2.46. The molecule has 2 aromatic heterocycles. The number of fused-ring (bicyclic) bond motifs is 1. The Labute approximate surface area is 263 Å². The topological polar surface area (TPSA) is 87.2 Å². The molecule has 12 heteroatoms. The van der Waals surface area contributed by atoms with E-state index in [1.54, 1.807) is 19.2 Å². The smallest absolute Gasteiger partial charge is 0.348 e. The Morgan fingerprint density at radius 2 is 1.86 bits per heavy atom. The molecule has 0 unspecified atom stereocenters. The molecule has 0 radical (unpaired) electrons. The molecule has 2 aromatic carbocycles. The van der Waals surface area contributed by atoms with Crippen molar-refractivity contribution in [3.8, 4) is 16.2 Å². The van der Waals surface area contributed by atoms with Crippen LogP contribution in [0.15, 0.2) is 64.9 Å². The summed E-state index contributed by atoms with van der Waals surface area (Å²) in [6.07, 6.45) is 5.20. The summed E-state index contributed by atoms with van der Waals surface area (Å²) in [4.78, 5) is 13.6. The number of carboxylic acids is 1. The van der Waals surface area contributed by atoms with Gasteiger partial charge >= 0.3 is 5.97 Å². The van der Waals surface area contributed by atoms with Crippen molar-refractivity contribution < 1.29 is 27.4 Å². The van der Waals surface area contributed by atoms with Crippen LogP contribution in [-0.4, -0.2) is 43.4 Å². The van der Waals surface area contributed by atoms with Crippen LogP contribution in [0.4, 0.5) is 15.8 Å². The van der Waals surface area contributed by atoms with Crippen molar-refractivity contribution in [2.45, 2.75) is 49.6 Å². The summed E-state index contributed by atoms with van der Waals surface area (Å²) in [5.74, 6) is -1.76. The van der Waals surface area contributed by atoms with Crippen molar-refractivity contribution >= 4 is 61.6 Å². The standard InChI is InChI=1S/C31H30ClFN2O5S3/c1-34-25(20-8-4-2-5-9-20)16-35(21-10-6-3-7-11-21)24-15-26(40-17-19-12-29(32)41-18-19)22(13-28(24)43(34,38)39)27-14-23(33)30(42-27)31(36)37/h3,6-7,10-15,18,20,25H,2,4-5,8-9,16-17H2,1H3,(H,36,37)/t25-/m0/s1. The van der Waals surface area contributed by atoms with E-state index in [1.165, 1.54) is 21.7 Å². The molecule has 0 spiro atoms. The summed E-state index contributed by atoms with van der Waals surface area (Å²) in [5, 5.41) is 11.4. The highest BCUT2D eigenvalue weighted by atomic mass is 35.5. The van der Waals surface area contributed by atoms with Crippen molar-refractivity contribution in [2.24, 2.45) is 5.92 Å². The summed E-state index contributed by atoms with van der Waals surface area (Å²) < 4.78 is 51.9. The van der Waals surface area contributed by atoms with Gasteiger partial charge in [-0.15, -0.1) is 22.7 Å². The number of halogens is 2. The molecule has 226 valence electrons. The lowest BCUT2D eigenvalue weighted by atomic mass is 9.83. The summed E-state index contributed by atoms with van der Waals surface area (Å²) in [6.45, 7) is 0.588. The minimum Gasteiger partial charge on any atom is -0.488 e. The van der Waals surface area contributed by atoms with E-state index in [0.29, 0.717) is 27.9 Å². The third-order valence-electron chi connectivity index (χ3n) is 8.27. The monoisotopic (exact) mass is 660 g/mol. The van der Waals surface area contributed by atoms with Crippen LogP contribution in [0.3, 0.4) is 0 Å². The number of benzene rings is 2. The normalized spacial score (nSPS) is 19.1. The first-order valence-corrected chi connectivity index (χ1v) is 17.5. The fourth-order valence-corrected chi connectivity index (χ4v) is 9.45. The molecule has 3 heterocycles. The number of likely N-dealkylation sites (N-methyl/N-ethyl adjacent to an activating group) is 1. The highest BCUT2D eigenvalue weighted by Crippen LogP contribution is 2.47. The maximum atomic E-state index is 14.7.